The van der Waals surface area contributed by atoms with Crippen molar-refractivity contribution in [2.24, 2.45) is 0 Å². The standard InChI is InChI=1S/C27H24ClNO6/c1-3-32-27(30)24-11-18-10-21(33-15-17-4-6-20(31-2)7-5-17)8-9-23(18)29(24)14-19-12-25-26(13-22(19)28)35-16-34-25/h4-13H,3,14-16H2,1-2H3. The lowest BCUT2D eigenvalue weighted by molar-refractivity contribution is 0.0515. The fourth-order valence-corrected chi connectivity index (χ4v) is 4.24. The molecular weight excluding hydrogens is 470 g/mol. The number of carbonyl (C=O) groups is 1. The predicted octanol–water partition coefficient (Wildman–Crippen LogP) is 5.84. The number of hydrogen-bond donors (Lipinski definition) is 0. The molecule has 35 heavy (non-hydrogen) atoms. The van der Waals surface area contributed by atoms with Crippen LogP contribution in [0.25, 0.3) is 10.9 Å². The van der Waals surface area contributed by atoms with Crippen LogP contribution in [-0.2, 0) is 17.9 Å². The molecule has 0 fully saturated rings. The van der Waals surface area contributed by atoms with Gasteiger partial charge in [0.15, 0.2) is 11.5 Å². The molecule has 180 valence electrons. The summed E-state index contributed by atoms with van der Waals surface area (Å²) in [5.74, 6) is 2.34. The molecule has 0 radical (unpaired) electrons. The van der Waals surface area contributed by atoms with E-state index in [-0.39, 0.29) is 13.4 Å². The van der Waals surface area contributed by atoms with Gasteiger partial charge in [0.25, 0.3) is 0 Å². The van der Waals surface area contributed by atoms with Gasteiger partial charge < -0.3 is 28.3 Å². The largest absolute Gasteiger partial charge is 0.497 e. The minimum Gasteiger partial charge on any atom is -0.497 e. The fraction of sp³-hybridized carbons (Fsp3) is 0.222. The SMILES string of the molecule is CCOC(=O)c1cc2cc(OCc3ccc(OC)cc3)ccc2n1Cc1cc2c(cc1Cl)OCO2. The number of aromatic nitrogens is 1. The third-order valence-electron chi connectivity index (χ3n) is 5.79. The smallest absolute Gasteiger partial charge is 0.354 e. The van der Waals surface area contributed by atoms with Gasteiger partial charge in [-0.1, -0.05) is 23.7 Å². The first-order chi connectivity index (χ1) is 17.1. The van der Waals surface area contributed by atoms with Crippen LogP contribution >= 0.6 is 11.6 Å². The molecule has 7 nitrogen and oxygen atoms in total. The van der Waals surface area contributed by atoms with E-state index in [1.165, 1.54) is 0 Å². The summed E-state index contributed by atoms with van der Waals surface area (Å²) in [5.41, 5.74) is 3.12. The van der Waals surface area contributed by atoms with Crippen molar-refractivity contribution < 1.29 is 28.5 Å². The minimum absolute atomic E-state index is 0.162. The molecule has 0 amide bonds. The predicted molar refractivity (Wildman–Crippen MR) is 132 cm³/mol. The Kier molecular flexibility index (Phi) is 6.42. The van der Waals surface area contributed by atoms with Gasteiger partial charge in [-0.05, 0) is 60.5 Å². The van der Waals surface area contributed by atoms with Gasteiger partial charge in [-0.3, -0.25) is 0 Å². The monoisotopic (exact) mass is 493 g/mol. The lowest BCUT2D eigenvalue weighted by Gasteiger charge is -2.13. The summed E-state index contributed by atoms with van der Waals surface area (Å²) >= 11 is 6.52. The van der Waals surface area contributed by atoms with Gasteiger partial charge in [-0.2, -0.15) is 0 Å². The number of nitrogens with zero attached hydrogens (tertiary/aromatic N) is 1. The van der Waals surface area contributed by atoms with Crippen molar-refractivity contribution in [1.29, 1.82) is 0 Å². The lowest BCUT2D eigenvalue weighted by Crippen LogP contribution is -2.13. The number of hydrogen-bond acceptors (Lipinski definition) is 6. The summed E-state index contributed by atoms with van der Waals surface area (Å²) in [6.07, 6.45) is 0. The minimum atomic E-state index is -0.402. The van der Waals surface area contributed by atoms with E-state index in [1.807, 2.05) is 59.2 Å². The Morgan fingerprint density at radius 1 is 1.00 bits per heavy atom. The molecule has 0 N–H and O–H groups in total. The molecule has 4 aromatic rings. The molecular formula is C27H24ClNO6. The Bertz CT molecular complexity index is 1380. The van der Waals surface area contributed by atoms with Gasteiger partial charge in [-0.25, -0.2) is 4.79 Å². The van der Waals surface area contributed by atoms with Gasteiger partial charge in [0.2, 0.25) is 6.79 Å². The summed E-state index contributed by atoms with van der Waals surface area (Å²) < 4.78 is 29.3. The number of methoxy groups -OCH3 is 1. The maximum Gasteiger partial charge on any atom is 0.354 e. The van der Waals surface area contributed by atoms with Crippen molar-refractivity contribution in [1.82, 2.24) is 4.57 Å². The second kappa shape index (κ2) is 9.80. The molecule has 0 bridgehead atoms. The van der Waals surface area contributed by atoms with E-state index < -0.39 is 5.97 Å². The van der Waals surface area contributed by atoms with Gasteiger partial charge in [0.05, 0.1) is 20.3 Å². The van der Waals surface area contributed by atoms with Crippen LogP contribution in [0.1, 0.15) is 28.5 Å². The number of halogens is 1. The molecule has 1 aliphatic heterocycles. The van der Waals surface area contributed by atoms with E-state index in [0.29, 0.717) is 41.1 Å². The zero-order chi connectivity index (χ0) is 24.4. The van der Waals surface area contributed by atoms with E-state index in [2.05, 4.69) is 0 Å². The zero-order valence-corrected chi connectivity index (χ0v) is 20.1. The molecule has 8 heteroatoms. The number of carbonyl (C=O) groups excluding carboxylic acids is 1. The molecule has 0 spiro atoms. The van der Waals surface area contributed by atoms with Crippen LogP contribution < -0.4 is 18.9 Å². The molecule has 2 heterocycles. The van der Waals surface area contributed by atoms with Crippen LogP contribution in [0.2, 0.25) is 5.02 Å². The first-order valence-electron chi connectivity index (χ1n) is 11.2. The molecule has 5 rings (SSSR count). The van der Waals surface area contributed by atoms with Crippen LogP contribution in [0, 0.1) is 0 Å². The van der Waals surface area contributed by atoms with Crippen LogP contribution in [-0.4, -0.2) is 31.0 Å². The molecule has 0 atom stereocenters. The van der Waals surface area contributed by atoms with Crippen LogP contribution in [0.3, 0.4) is 0 Å². The highest BCUT2D eigenvalue weighted by Gasteiger charge is 2.21. The Hall–Kier alpha value is -3.84. The molecule has 1 aliphatic rings. The second-order valence-corrected chi connectivity index (χ2v) is 8.40. The number of rotatable bonds is 8. The third kappa shape index (κ3) is 4.72. The molecule has 1 aromatic heterocycles. The van der Waals surface area contributed by atoms with Gasteiger partial charge >= 0.3 is 5.97 Å². The van der Waals surface area contributed by atoms with Gasteiger partial charge in [0, 0.05) is 22.0 Å². The summed E-state index contributed by atoms with van der Waals surface area (Å²) in [4.78, 5) is 12.8. The number of benzene rings is 3. The highest BCUT2D eigenvalue weighted by atomic mass is 35.5. The van der Waals surface area contributed by atoms with Crippen LogP contribution in [0.4, 0.5) is 0 Å². The highest BCUT2D eigenvalue weighted by molar-refractivity contribution is 6.31. The molecule has 0 unspecified atom stereocenters. The average molecular weight is 494 g/mol. The molecule has 3 aromatic carbocycles. The summed E-state index contributed by atoms with van der Waals surface area (Å²) in [5, 5.41) is 1.39. The summed E-state index contributed by atoms with van der Waals surface area (Å²) in [7, 11) is 1.64. The van der Waals surface area contributed by atoms with Crippen molar-refractivity contribution in [2.45, 2.75) is 20.1 Å². The van der Waals surface area contributed by atoms with Crippen LogP contribution in [0.5, 0.6) is 23.0 Å². The summed E-state index contributed by atoms with van der Waals surface area (Å²) in [6, 6.07) is 18.8. The Labute approximate surface area is 207 Å². The quantitative estimate of drug-likeness (QED) is 0.287. The normalized spacial score (nSPS) is 12.1. The maximum atomic E-state index is 12.8. The topological polar surface area (TPSA) is 68.2 Å². The zero-order valence-electron chi connectivity index (χ0n) is 19.4. The molecule has 0 saturated carbocycles. The van der Waals surface area contributed by atoms with E-state index in [4.69, 9.17) is 35.3 Å². The van der Waals surface area contributed by atoms with E-state index in [1.54, 1.807) is 20.1 Å². The van der Waals surface area contributed by atoms with Crippen molar-refractivity contribution >= 4 is 28.5 Å². The Balaban J connectivity index is 1.45. The Morgan fingerprint density at radius 2 is 1.74 bits per heavy atom. The number of ether oxygens (including phenoxy) is 5. The number of fused-ring (bicyclic) bond motifs is 2. The van der Waals surface area contributed by atoms with Crippen molar-refractivity contribution in [3.8, 4) is 23.0 Å². The Morgan fingerprint density at radius 3 is 2.49 bits per heavy atom. The van der Waals surface area contributed by atoms with Gasteiger partial charge in [0.1, 0.15) is 23.8 Å². The number of esters is 1. The fourth-order valence-electron chi connectivity index (χ4n) is 4.02. The first-order valence-corrected chi connectivity index (χ1v) is 11.6. The van der Waals surface area contributed by atoms with E-state index in [0.717, 1.165) is 27.8 Å². The third-order valence-corrected chi connectivity index (χ3v) is 6.14. The first kappa shape index (κ1) is 22.9. The lowest BCUT2D eigenvalue weighted by atomic mass is 10.2. The van der Waals surface area contributed by atoms with Gasteiger partial charge in [-0.15, -0.1) is 0 Å². The van der Waals surface area contributed by atoms with E-state index in [9.17, 15) is 4.79 Å². The summed E-state index contributed by atoms with van der Waals surface area (Å²) in [6.45, 7) is 2.99. The second-order valence-electron chi connectivity index (χ2n) is 7.99. The van der Waals surface area contributed by atoms with Crippen molar-refractivity contribution in [2.75, 3.05) is 20.5 Å². The average Bonchev–Trinajstić information content (AvgIpc) is 3.47. The van der Waals surface area contributed by atoms with Crippen LogP contribution in [0.15, 0.2) is 60.7 Å². The molecule has 0 aliphatic carbocycles. The van der Waals surface area contributed by atoms with Crippen molar-refractivity contribution in [3.63, 3.8) is 0 Å². The molecule has 0 saturated heterocycles. The highest BCUT2D eigenvalue weighted by Crippen LogP contribution is 2.38. The van der Waals surface area contributed by atoms with E-state index >= 15 is 0 Å². The van der Waals surface area contributed by atoms with Crippen molar-refractivity contribution in [3.05, 3.63) is 82.5 Å². The maximum absolute atomic E-state index is 12.8.